The van der Waals surface area contributed by atoms with Crippen LogP contribution in [0.5, 0.6) is 0 Å². The first-order chi connectivity index (χ1) is 27.7. The molecule has 0 saturated carbocycles. The number of pyridine rings is 1. The number of fused-ring (bicyclic) bond motifs is 9. The quantitative estimate of drug-likeness (QED) is 0.167. The molecule has 0 amide bonds. The maximum atomic E-state index is 5.31. The highest BCUT2D eigenvalue weighted by molar-refractivity contribution is 6.25. The van der Waals surface area contributed by atoms with E-state index in [4.69, 9.17) is 9.97 Å². The summed E-state index contributed by atoms with van der Waals surface area (Å²) in [4.78, 5) is 15.0. The van der Waals surface area contributed by atoms with E-state index in [1.165, 1.54) is 65.3 Å². The Morgan fingerprint density at radius 1 is 0.411 bits per heavy atom. The van der Waals surface area contributed by atoms with Gasteiger partial charge >= 0.3 is 0 Å². The zero-order chi connectivity index (χ0) is 37.0. The fraction of sp³-hybridized carbons (Fsp3) is 0.0377. The highest BCUT2D eigenvalue weighted by atomic mass is 14.9. The summed E-state index contributed by atoms with van der Waals surface area (Å²) in [5.74, 6) is 0.696. The standard InChI is InChI=1S/C53H35N3/c1-2-15-41-37(11-1)30-49(46-20-7-3-16-42(41)46)34-22-24-35(25-23-34)51-32-52(38-13-9-12-36(29-38)40-14-10-28-54-33-40)56-53(55-51)39-26-27-48-45-19-5-4-17-43(45)44-18-6-8-21-47(44)50(48)31-39/h1-2,4-15,17-33H,3,16H2. The van der Waals surface area contributed by atoms with Crippen molar-refractivity contribution in [3.05, 3.63) is 193 Å². The molecule has 2 heterocycles. The Kier molecular flexibility index (Phi) is 7.63. The summed E-state index contributed by atoms with van der Waals surface area (Å²) in [6.07, 6.45) is 10.5. The summed E-state index contributed by atoms with van der Waals surface area (Å²) >= 11 is 0. The van der Waals surface area contributed by atoms with Crippen LogP contribution >= 0.6 is 0 Å². The molecule has 3 nitrogen and oxygen atoms in total. The molecule has 56 heavy (non-hydrogen) atoms. The van der Waals surface area contributed by atoms with Gasteiger partial charge in [0.25, 0.3) is 0 Å². The Labute approximate surface area is 325 Å². The molecule has 0 atom stereocenters. The topological polar surface area (TPSA) is 38.7 Å². The first kappa shape index (κ1) is 32.2. The van der Waals surface area contributed by atoms with Crippen molar-refractivity contribution in [3.8, 4) is 56.2 Å². The summed E-state index contributed by atoms with van der Waals surface area (Å²) in [5, 5.41) is 10.1. The van der Waals surface area contributed by atoms with Crippen LogP contribution in [0.25, 0.3) is 105 Å². The lowest BCUT2D eigenvalue weighted by atomic mass is 9.85. The molecule has 0 spiro atoms. The van der Waals surface area contributed by atoms with Crippen LogP contribution in [-0.2, 0) is 6.42 Å². The van der Waals surface area contributed by atoms with Crippen molar-refractivity contribution in [1.82, 2.24) is 15.0 Å². The molecule has 11 rings (SSSR count). The van der Waals surface area contributed by atoms with Gasteiger partial charge in [0.1, 0.15) is 0 Å². The number of benzene rings is 8. The van der Waals surface area contributed by atoms with E-state index in [0.717, 1.165) is 52.0 Å². The lowest BCUT2D eigenvalue weighted by Gasteiger charge is -2.19. The molecule has 0 fully saturated rings. The average molecular weight is 714 g/mol. The van der Waals surface area contributed by atoms with E-state index in [1.54, 1.807) is 0 Å². The van der Waals surface area contributed by atoms with Crippen molar-refractivity contribution in [2.45, 2.75) is 12.8 Å². The summed E-state index contributed by atoms with van der Waals surface area (Å²) in [6.45, 7) is 0. The van der Waals surface area contributed by atoms with Gasteiger partial charge in [-0.15, -0.1) is 0 Å². The summed E-state index contributed by atoms with van der Waals surface area (Å²) in [6, 6.07) is 58.9. The molecule has 8 aromatic carbocycles. The van der Waals surface area contributed by atoms with Crippen molar-refractivity contribution in [3.63, 3.8) is 0 Å². The lowest BCUT2D eigenvalue weighted by molar-refractivity contribution is 0.998. The van der Waals surface area contributed by atoms with E-state index in [0.29, 0.717) is 5.82 Å². The molecule has 0 bridgehead atoms. The molecule has 3 heteroatoms. The predicted octanol–water partition coefficient (Wildman–Crippen LogP) is 13.8. The van der Waals surface area contributed by atoms with Gasteiger partial charge in [-0.25, -0.2) is 9.97 Å². The van der Waals surface area contributed by atoms with Gasteiger partial charge in [-0.3, -0.25) is 4.98 Å². The van der Waals surface area contributed by atoms with Gasteiger partial charge in [0, 0.05) is 34.6 Å². The Morgan fingerprint density at radius 3 is 1.79 bits per heavy atom. The maximum absolute atomic E-state index is 5.31. The minimum atomic E-state index is 0.696. The van der Waals surface area contributed by atoms with Crippen LogP contribution in [-0.4, -0.2) is 15.0 Å². The Balaban J connectivity index is 1.08. The number of rotatable bonds is 5. The van der Waals surface area contributed by atoms with E-state index in [2.05, 4.69) is 175 Å². The minimum Gasteiger partial charge on any atom is -0.264 e. The number of aromatic nitrogens is 3. The molecular weight excluding hydrogens is 679 g/mol. The number of aryl methyl sites for hydroxylation is 1. The van der Waals surface area contributed by atoms with Gasteiger partial charge in [-0.1, -0.05) is 146 Å². The Morgan fingerprint density at radius 2 is 1.04 bits per heavy atom. The third-order valence-corrected chi connectivity index (χ3v) is 11.4. The highest BCUT2D eigenvalue weighted by Crippen LogP contribution is 2.40. The first-order valence-corrected chi connectivity index (χ1v) is 19.3. The van der Waals surface area contributed by atoms with Crippen molar-refractivity contribution < 1.29 is 0 Å². The molecule has 0 saturated heterocycles. The zero-order valence-corrected chi connectivity index (χ0v) is 30.7. The zero-order valence-electron chi connectivity index (χ0n) is 30.7. The molecule has 1 aliphatic carbocycles. The fourth-order valence-corrected chi connectivity index (χ4v) is 8.70. The Hall–Kier alpha value is -7.23. The van der Waals surface area contributed by atoms with Crippen LogP contribution in [0, 0.1) is 0 Å². The second kappa shape index (κ2) is 13.3. The van der Waals surface area contributed by atoms with Crippen LogP contribution in [0.15, 0.2) is 182 Å². The average Bonchev–Trinajstić information content (AvgIpc) is 3.29. The minimum absolute atomic E-state index is 0.696. The SMILES string of the molecule is C1=Cc2c(-c3ccc(-c4cc(-c5cccc(-c6cccnc6)c5)nc(-c5ccc6c7ccccc7c7ccccc7c6c5)n4)cc3)cc3ccccc3c2CC1. The third-order valence-electron chi connectivity index (χ3n) is 11.4. The van der Waals surface area contributed by atoms with Gasteiger partial charge in [0.05, 0.1) is 11.4 Å². The summed E-state index contributed by atoms with van der Waals surface area (Å²) in [5.41, 5.74) is 12.2. The molecule has 10 aromatic rings. The van der Waals surface area contributed by atoms with Gasteiger partial charge in [-0.05, 0) is 114 Å². The second-order valence-corrected chi connectivity index (χ2v) is 14.7. The number of hydrogen-bond acceptors (Lipinski definition) is 3. The van der Waals surface area contributed by atoms with Crippen molar-refractivity contribution in [1.29, 1.82) is 0 Å². The first-order valence-electron chi connectivity index (χ1n) is 19.3. The van der Waals surface area contributed by atoms with Gasteiger partial charge in [0.2, 0.25) is 0 Å². The van der Waals surface area contributed by atoms with Crippen molar-refractivity contribution in [2.75, 3.05) is 0 Å². The summed E-state index contributed by atoms with van der Waals surface area (Å²) < 4.78 is 0. The van der Waals surface area contributed by atoms with Crippen molar-refractivity contribution in [2.24, 2.45) is 0 Å². The van der Waals surface area contributed by atoms with Crippen LogP contribution in [0.4, 0.5) is 0 Å². The predicted molar refractivity (Wildman–Crippen MR) is 234 cm³/mol. The van der Waals surface area contributed by atoms with E-state index in [1.807, 2.05) is 18.5 Å². The number of allylic oxidation sites excluding steroid dienone is 1. The van der Waals surface area contributed by atoms with E-state index >= 15 is 0 Å². The molecule has 1 aliphatic rings. The monoisotopic (exact) mass is 713 g/mol. The number of hydrogen-bond donors (Lipinski definition) is 0. The number of nitrogens with zero attached hydrogens (tertiary/aromatic N) is 3. The molecular formula is C53H35N3. The molecule has 2 aromatic heterocycles. The molecule has 0 unspecified atom stereocenters. The van der Waals surface area contributed by atoms with Crippen LogP contribution in [0.1, 0.15) is 17.5 Å². The highest BCUT2D eigenvalue weighted by Gasteiger charge is 2.17. The third kappa shape index (κ3) is 5.48. The van der Waals surface area contributed by atoms with E-state index < -0.39 is 0 Å². The lowest BCUT2D eigenvalue weighted by Crippen LogP contribution is -1.99. The van der Waals surface area contributed by atoms with Gasteiger partial charge in [-0.2, -0.15) is 0 Å². The maximum Gasteiger partial charge on any atom is 0.160 e. The van der Waals surface area contributed by atoms with Crippen LogP contribution < -0.4 is 0 Å². The van der Waals surface area contributed by atoms with Crippen molar-refractivity contribution >= 4 is 49.2 Å². The fourth-order valence-electron chi connectivity index (χ4n) is 8.70. The normalized spacial score (nSPS) is 12.4. The summed E-state index contributed by atoms with van der Waals surface area (Å²) in [7, 11) is 0. The molecule has 0 radical (unpaired) electrons. The van der Waals surface area contributed by atoms with Gasteiger partial charge in [0.15, 0.2) is 5.82 Å². The Bertz CT molecular complexity index is 3140. The second-order valence-electron chi connectivity index (χ2n) is 14.7. The smallest absolute Gasteiger partial charge is 0.160 e. The largest absolute Gasteiger partial charge is 0.264 e. The molecule has 0 aliphatic heterocycles. The van der Waals surface area contributed by atoms with Crippen LogP contribution in [0.3, 0.4) is 0 Å². The van der Waals surface area contributed by atoms with Crippen LogP contribution in [0.2, 0.25) is 0 Å². The van der Waals surface area contributed by atoms with E-state index in [9.17, 15) is 0 Å². The molecule has 262 valence electrons. The molecule has 0 N–H and O–H groups in total. The van der Waals surface area contributed by atoms with E-state index in [-0.39, 0.29) is 0 Å². The van der Waals surface area contributed by atoms with Gasteiger partial charge < -0.3 is 0 Å².